The molecule has 0 radical (unpaired) electrons. The summed E-state index contributed by atoms with van der Waals surface area (Å²) in [6, 6.07) is 11.6. The third-order valence-electron chi connectivity index (χ3n) is 5.16. The molecule has 0 aromatic heterocycles. The van der Waals surface area contributed by atoms with Crippen LogP contribution in [0.2, 0.25) is 0 Å². The van der Waals surface area contributed by atoms with E-state index in [1.807, 2.05) is 0 Å². The van der Waals surface area contributed by atoms with Gasteiger partial charge in [0, 0.05) is 6.04 Å². The van der Waals surface area contributed by atoms with Crippen molar-refractivity contribution in [3.8, 4) is 0 Å². The predicted molar refractivity (Wildman–Crippen MR) is 87.9 cm³/mol. The van der Waals surface area contributed by atoms with Crippen LogP contribution >= 0.6 is 0 Å². The first-order valence-electron chi connectivity index (χ1n) is 8.48. The van der Waals surface area contributed by atoms with Gasteiger partial charge in [-0.1, -0.05) is 57.5 Å². The van der Waals surface area contributed by atoms with Gasteiger partial charge in [-0.3, -0.25) is 0 Å². The molecule has 1 aromatic carbocycles. The predicted octanol–water partition coefficient (Wildman–Crippen LogP) is 4.67. The van der Waals surface area contributed by atoms with E-state index in [-0.39, 0.29) is 0 Å². The summed E-state index contributed by atoms with van der Waals surface area (Å²) in [4.78, 5) is 0. The molecule has 1 N–H and O–H groups in total. The Bertz CT molecular complexity index is 373. The molecule has 1 heteroatoms. The van der Waals surface area contributed by atoms with Gasteiger partial charge in [0.15, 0.2) is 0 Å². The summed E-state index contributed by atoms with van der Waals surface area (Å²) in [5.41, 5.74) is 1.48. The molecule has 1 saturated carbocycles. The molecular weight excluding hydrogens is 242 g/mol. The van der Waals surface area contributed by atoms with E-state index in [0.29, 0.717) is 6.04 Å². The average Bonchev–Trinajstić information content (AvgIpc) is 2.47. The fourth-order valence-electron chi connectivity index (χ4n) is 3.56. The van der Waals surface area contributed by atoms with Gasteiger partial charge in [0.05, 0.1) is 0 Å². The highest BCUT2D eigenvalue weighted by molar-refractivity contribution is 5.16. The van der Waals surface area contributed by atoms with Gasteiger partial charge in [-0.25, -0.2) is 0 Å². The summed E-state index contributed by atoms with van der Waals surface area (Å²) in [6.45, 7) is 8.28. The lowest BCUT2D eigenvalue weighted by Gasteiger charge is -2.37. The molecule has 2 rings (SSSR count). The van der Waals surface area contributed by atoms with Gasteiger partial charge in [0.2, 0.25) is 0 Å². The number of benzene rings is 1. The van der Waals surface area contributed by atoms with E-state index in [9.17, 15) is 0 Å². The summed E-state index contributed by atoms with van der Waals surface area (Å²) in [5.74, 6) is 2.65. The minimum Gasteiger partial charge on any atom is -0.313 e. The molecule has 1 aliphatic rings. The van der Waals surface area contributed by atoms with Gasteiger partial charge in [-0.15, -0.1) is 0 Å². The number of hydrogen-bond donors (Lipinski definition) is 1. The third kappa shape index (κ3) is 4.34. The molecule has 1 fully saturated rings. The number of nitrogens with one attached hydrogen (secondary N) is 1. The van der Waals surface area contributed by atoms with Crippen LogP contribution in [0.1, 0.15) is 52.0 Å². The fraction of sp³-hybridized carbons (Fsp3) is 0.684. The second kappa shape index (κ2) is 7.83. The maximum absolute atomic E-state index is 3.82. The zero-order chi connectivity index (χ0) is 14.4. The van der Waals surface area contributed by atoms with Crippen molar-refractivity contribution in [3.63, 3.8) is 0 Å². The van der Waals surface area contributed by atoms with Crippen molar-refractivity contribution >= 4 is 0 Å². The third-order valence-corrected chi connectivity index (χ3v) is 5.16. The lowest BCUT2D eigenvalue weighted by molar-refractivity contribution is 0.170. The molecule has 112 valence electrons. The summed E-state index contributed by atoms with van der Waals surface area (Å²) >= 11 is 0. The zero-order valence-electron chi connectivity index (χ0n) is 13.4. The first-order chi connectivity index (χ1) is 9.70. The highest BCUT2D eigenvalue weighted by atomic mass is 14.9. The van der Waals surface area contributed by atoms with Gasteiger partial charge < -0.3 is 5.32 Å². The normalized spacial score (nSPS) is 28.2. The van der Waals surface area contributed by atoms with E-state index in [2.05, 4.69) is 56.4 Å². The van der Waals surface area contributed by atoms with Crippen LogP contribution in [0.15, 0.2) is 30.3 Å². The molecule has 1 aliphatic carbocycles. The van der Waals surface area contributed by atoms with E-state index in [1.165, 1.54) is 37.7 Å². The monoisotopic (exact) mass is 273 g/mol. The Labute approximate surface area is 125 Å². The van der Waals surface area contributed by atoms with Gasteiger partial charge >= 0.3 is 0 Å². The van der Waals surface area contributed by atoms with Crippen LogP contribution in [0.4, 0.5) is 0 Å². The van der Waals surface area contributed by atoms with Crippen LogP contribution in [0.3, 0.4) is 0 Å². The standard InChI is InChI=1S/C19H31N/c1-4-12-20-19(14-17-8-6-5-7-9-17)18-11-10-15(2)16(3)13-18/h5-9,15-16,18-20H,4,10-14H2,1-3H3. The molecule has 4 unspecified atom stereocenters. The van der Waals surface area contributed by atoms with E-state index >= 15 is 0 Å². The van der Waals surface area contributed by atoms with Gasteiger partial charge in [0.1, 0.15) is 0 Å². The molecule has 0 spiro atoms. The van der Waals surface area contributed by atoms with Crippen molar-refractivity contribution < 1.29 is 0 Å². The maximum Gasteiger partial charge on any atom is 0.0136 e. The van der Waals surface area contributed by atoms with Crippen LogP contribution in [-0.2, 0) is 6.42 Å². The molecule has 1 aromatic rings. The van der Waals surface area contributed by atoms with E-state index in [4.69, 9.17) is 0 Å². The second-order valence-electron chi connectivity index (χ2n) is 6.78. The van der Waals surface area contributed by atoms with Crippen LogP contribution in [-0.4, -0.2) is 12.6 Å². The SMILES string of the molecule is CCCNC(Cc1ccccc1)C1CCC(C)C(C)C1. The van der Waals surface area contributed by atoms with E-state index in [0.717, 1.165) is 24.3 Å². The topological polar surface area (TPSA) is 12.0 Å². The Hall–Kier alpha value is -0.820. The Morgan fingerprint density at radius 1 is 1.10 bits per heavy atom. The fourth-order valence-corrected chi connectivity index (χ4v) is 3.56. The minimum atomic E-state index is 0.660. The maximum atomic E-state index is 3.82. The molecule has 0 aliphatic heterocycles. The van der Waals surface area contributed by atoms with Crippen LogP contribution in [0.5, 0.6) is 0 Å². The molecule has 20 heavy (non-hydrogen) atoms. The van der Waals surface area contributed by atoms with Crippen LogP contribution in [0, 0.1) is 17.8 Å². The first kappa shape index (κ1) is 15.6. The van der Waals surface area contributed by atoms with Gasteiger partial charge in [-0.2, -0.15) is 0 Å². The Kier molecular flexibility index (Phi) is 6.09. The van der Waals surface area contributed by atoms with Crippen molar-refractivity contribution in [1.82, 2.24) is 5.32 Å². The Morgan fingerprint density at radius 3 is 2.50 bits per heavy atom. The number of rotatable bonds is 6. The first-order valence-corrected chi connectivity index (χ1v) is 8.48. The molecule has 0 bridgehead atoms. The summed E-state index contributed by atoms with van der Waals surface area (Å²) in [6.07, 6.45) is 6.62. The highest BCUT2D eigenvalue weighted by Crippen LogP contribution is 2.35. The lowest BCUT2D eigenvalue weighted by atomic mass is 9.72. The van der Waals surface area contributed by atoms with Crippen molar-refractivity contribution in [2.75, 3.05) is 6.54 Å². The quantitative estimate of drug-likeness (QED) is 0.794. The highest BCUT2D eigenvalue weighted by Gasteiger charge is 2.29. The summed E-state index contributed by atoms with van der Waals surface area (Å²) < 4.78 is 0. The van der Waals surface area contributed by atoms with Crippen molar-refractivity contribution in [2.24, 2.45) is 17.8 Å². The van der Waals surface area contributed by atoms with E-state index in [1.54, 1.807) is 0 Å². The van der Waals surface area contributed by atoms with Crippen molar-refractivity contribution in [3.05, 3.63) is 35.9 Å². The molecule has 4 atom stereocenters. The molecule has 0 amide bonds. The second-order valence-corrected chi connectivity index (χ2v) is 6.78. The largest absolute Gasteiger partial charge is 0.313 e. The average molecular weight is 273 g/mol. The molecule has 1 nitrogen and oxygen atoms in total. The Morgan fingerprint density at radius 2 is 1.85 bits per heavy atom. The van der Waals surface area contributed by atoms with Gasteiger partial charge in [-0.05, 0) is 55.5 Å². The molecule has 0 heterocycles. The minimum absolute atomic E-state index is 0.660. The summed E-state index contributed by atoms with van der Waals surface area (Å²) in [7, 11) is 0. The number of hydrogen-bond acceptors (Lipinski definition) is 1. The lowest BCUT2D eigenvalue weighted by Crippen LogP contribution is -2.41. The summed E-state index contributed by atoms with van der Waals surface area (Å²) in [5, 5.41) is 3.82. The van der Waals surface area contributed by atoms with Crippen molar-refractivity contribution in [1.29, 1.82) is 0 Å². The van der Waals surface area contributed by atoms with E-state index < -0.39 is 0 Å². The molecule has 0 saturated heterocycles. The van der Waals surface area contributed by atoms with Crippen LogP contribution < -0.4 is 5.32 Å². The van der Waals surface area contributed by atoms with Gasteiger partial charge in [0.25, 0.3) is 0 Å². The smallest absolute Gasteiger partial charge is 0.0136 e. The molecular formula is C19H31N. The zero-order valence-corrected chi connectivity index (χ0v) is 13.4. The Balaban J connectivity index is 1.99. The van der Waals surface area contributed by atoms with Crippen molar-refractivity contribution in [2.45, 2.75) is 58.9 Å². The van der Waals surface area contributed by atoms with Crippen LogP contribution in [0.25, 0.3) is 0 Å².